The van der Waals surface area contributed by atoms with Gasteiger partial charge in [-0.05, 0) is 18.2 Å². The Kier molecular flexibility index (Phi) is 6.48. The monoisotopic (exact) mass is 252 g/mol. The van der Waals surface area contributed by atoms with Crippen molar-refractivity contribution in [1.29, 1.82) is 15.8 Å². The number of hydrogen-bond acceptors (Lipinski definition) is 4. The molecule has 1 aromatic carbocycles. The number of nitrogen functional groups attached to an aromatic ring is 1. The van der Waals surface area contributed by atoms with Gasteiger partial charge < -0.3 is 5.73 Å². The van der Waals surface area contributed by atoms with Crippen molar-refractivity contribution >= 4 is 28.9 Å². The van der Waals surface area contributed by atoms with Gasteiger partial charge in [0.25, 0.3) is 0 Å². The molecule has 0 aliphatic rings. The second kappa shape index (κ2) is 7.37. The highest BCUT2D eigenvalue weighted by molar-refractivity contribution is 6.42. The Bertz CT molecular complexity index is 446. The third kappa shape index (κ3) is 5.08. The molecule has 0 atom stereocenters. The first-order valence-corrected chi connectivity index (χ1v) is 4.70. The van der Waals surface area contributed by atoms with Gasteiger partial charge in [0.05, 0.1) is 28.3 Å². The first-order chi connectivity index (χ1) is 7.54. The van der Waals surface area contributed by atoms with Gasteiger partial charge in [-0.15, -0.1) is 0 Å². The highest BCUT2D eigenvalue weighted by Gasteiger charge is 1.97. The molecule has 0 aromatic heterocycles. The Hall–Kier alpha value is -1.93. The second-order valence-electron chi connectivity index (χ2n) is 2.49. The number of halogens is 2. The van der Waals surface area contributed by atoms with E-state index in [9.17, 15) is 0 Å². The Labute approximate surface area is 103 Å². The van der Waals surface area contributed by atoms with Crippen molar-refractivity contribution < 1.29 is 0 Å². The molecule has 16 heavy (non-hydrogen) atoms. The van der Waals surface area contributed by atoms with E-state index in [1.807, 2.05) is 0 Å². The van der Waals surface area contributed by atoms with Crippen molar-refractivity contribution in [3.05, 3.63) is 28.2 Å². The topological polar surface area (TPSA) is 97.4 Å². The Morgan fingerprint density at radius 1 is 1.00 bits per heavy atom. The average Bonchev–Trinajstić information content (AvgIpc) is 2.27. The van der Waals surface area contributed by atoms with E-state index < -0.39 is 5.92 Å². The molecule has 0 bridgehead atoms. The van der Waals surface area contributed by atoms with Crippen molar-refractivity contribution in [3.8, 4) is 18.2 Å². The SMILES string of the molecule is N#CC(C#N)C#N.Nc1ccc(Cl)c(Cl)c1. The summed E-state index contributed by atoms with van der Waals surface area (Å²) >= 11 is 11.2. The molecule has 0 spiro atoms. The van der Waals surface area contributed by atoms with E-state index in [-0.39, 0.29) is 0 Å². The molecule has 0 amide bonds. The predicted molar refractivity (Wildman–Crippen MR) is 61.2 cm³/mol. The van der Waals surface area contributed by atoms with E-state index in [2.05, 4.69) is 0 Å². The van der Waals surface area contributed by atoms with Crippen molar-refractivity contribution in [1.82, 2.24) is 0 Å². The molecule has 4 nitrogen and oxygen atoms in total. The summed E-state index contributed by atoms with van der Waals surface area (Å²) < 4.78 is 0. The fourth-order valence-corrected chi connectivity index (χ4v) is 0.906. The van der Waals surface area contributed by atoms with Gasteiger partial charge in [-0.2, -0.15) is 15.8 Å². The number of nitrogens with zero attached hydrogens (tertiary/aromatic N) is 3. The van der Waals surface area contributed by atoms with E-state index >= 15 is 0 Å². The van der Waals surface area contributed by atoms with Gasteiger partial charge in [0, 0.05) is 5.69 Å². The van der Waals surface area contributed by atoms with Crippen molar-refractivity contribution in [3.63, 3.8) is 0 Å². The van der Waals surface area contributed by atoms with E-state index in [1.54, 1.807) is 18.2 Å². The predicted octanol–water partition coefficient (Wildman–Crippen LogP) is 2.75. The smallest absolute Gasteiger partial charge is 0.218 e. The largest absolute Gasteiger partial charge is 0.399 e. The standard InChI is InChI=1S/C6H5Cl2N.C4HN3/c7-5-2-1-4(9)3-6(5)8;5-1-4(2-6)3-7/h1-3H,9H2;4H. The molecule has 0 aliphatic heterocycles. The van der Waals surface area contributed by atoms with Gasteiger partial charge in [0.2, 0.25) is 5.92 Å². The van der Waals surface area contributed by atoms with Gasteiger partial charge in [0.1, 0.15) is 0 Å². The number of anilines is 1. The molecule has 0 unspecified atom stereocenters. The summed E-state index contributed by atoms with van der Waals surface area (Å²) in [6, 6.07) is 9.42. The molecule has 0 saturated carbocycles. The summed E-state index contributed by atoms with van der Waals surface area (Å²) in [6.45, 7) is 0. The van der Waals surface area contributed by atoms with Crippen LogP contribution in [0.2, 0.25) is 10.0 Å². The van der Waals surface area contributed by atoms with Crippen molar-refractivity contribution in [2.75, 3.05) is 5.73 Å². The Morgan fingerprint density at radius 2 is 1.50 bits per heavy atom. The van der Waals surface area contributed by atoms with Crippen LogP contribution in [0, 0.1) is 39.9 Å². The summed E-state index contributed by atoms with van der Waals surface area (Å²) in [7, 11) is 0. The van der Waals surface area contributed by atoms with Gasteiger partial charge >= 0.3 is 0 Å². The van der Waals surface area contributed by atoms with Crippen LogP contribution < -0.4 is 5.73 Å². The maximum absolute atomic E-state index is 7.83. The molecule has 1 aromatic rings. The fraction of sp³-hybridized carbons (Fsp3) is 0.100. The lowest BCUT2D eigenvalue weighted by atomic mass is 10.2. The zero-order valence-corrected chi connectivity index (χ0v) is 9.50. The number of nitrogens with two attached hydrogens (primary N) is 1. The molecule has 0 heterocycles. The lowest BCUT2D eigenvalue weighted by Gasteiger charge is -1.94. The first kappa shape index (κ1) is 14.1. The maximum Gasteiger partial charge on any atom is 0.218 e. The molecular formula is C10H6Cl2N4. The average molecular weight is 253 g/mol. The van der Waals surface area contributed by atoms with E-state index in [1.165, 1.54) is 18.2 Å². The third-order valence-electron chi connectivity index (χ3n) is 1.33. The van der Waals surface area contributed by atoms with Gasteiger partial charge in [-0.3, -0.25) is 0 Å². The van der Waals surface area contributed by atoms with Crippen LogP contribution in [0.3, 0.4) is 0 Å². The molecule has 2 N–H and O–H groups in total. The minimum absolute atomic E-state index is 0.497. The highest BCUT2D eigenvalue weighted by atomic mass is 35.5. The minimum atomic E-state index is -1.10. The summed E-state index contributed by atoms with van der Waals surface area (Å²) in [5.74, 6) is -1.10. The zero-order valence-electron chi connectivity index (χ0n) is 7.98. The molecule has 0 fully saturated rings. The third-order valence-corrected chi connectivity index (χ3v) is 2.07. The zero-order chi connectivity index (χ0) is 12.6. The normalized spacial score (nSPS) is 8.00. The highest BCUT2D eigenvalue weighted by Crippen LogP contribution is 2.23. The van der Waals surface area contributed by atoms with E-state index in [4.69, 9.17) is 44.7 Å². The fourth-order valence-electron chi connectivity index (χ4n) is 0.599. The summed E-state index contributed by atoms with van der Waals surface area (Å²) in [5.41, 5.74) is 6.01. The quantitative estimate of drug-likeness (QED) is 0.718. The van der Waals surface area contributed by atoms with E-state index in [0.717, 1.165) is 0 Å². The number of rotatable bonds is 0. The van der Waals surface area contributed by atoms with Crippen molar-refractivity contribution in [2.45, 2.75) is 0 Å². The summed E-state index contributed by atoms with van der Waals surface area (Å²) in [5, 5.41) is 24.5. The second-order valence-corrected chi connectivity index (χ2v) is 3.31. The summed E-state index contributed by atoms with van der Waals surface area (Å²) in [4.78, 5) is 0. The molecule has 80 valence electrons. The van der Waals surface area contributed by atoms with Crippen LogP contribution in [0.4, 0.5) is 5.69 Å². The molecule has 0 aliphatic carbocycles. The van der Waals surface area contributed by atoms with Crippen LogP contribution in [-0.4, -0.2) is 0 Å². The molecule has 0 radical (unpaired) electrons. The lowest BCUT2D eigenvalue weighted by Crippen LogP contribution is -1.82. The van der Waals surface area contributed by atoms with Crippen molar-refractivity contribution in [2.24, 2.45) is 5.92 Å². The Balaban J connectivity index is 0.000000293. The van der Waals surface area contributed by atoms with E-state index in [0.29, 0.717) is 15.7 Å². The van der Waals surface area contributed by atoms with Crippen LogP contribution in [-0.2, 0) is 0 Å². The maximum atomic E-state index is 7.83. The van der Waals surface area contributed by atoms with Gasteiger partial charge in [-0.1, -0.05) is 23.2 Å². The first-order valence-electron chi connectivity index (χ1n) is 3.94. The number of hydrogen-bond donors (Lipinski definition) is 1. The number of nitriles is 3. The Morgan fingerprint density at radius 3 is 1.75 bits per heavy atom. The van der Waals surface area contributed by atoms with Crippen LogP contribution in [0.1, 0.15) is 0 Å². The summed E-state index contributed by atoms with van der Waals surface area (Å²) in [6.07, 6.45) is 0. The van der Waals surface area contributed by atoms with Gasteiger partial charge in [0.15, 0.2) is 0 Å². The molecular weight excluding hydrogens is 247 g/mol. The van der Waals surface area contributed by atoms with Crippen LogP contribution in [0.25, 0.3) is 0 Å². The minimum Gasteiger partial charge on any atom is -0.399 e. The molecule has 1 rings (SSSR count). The van der Waals surface area contributed by atoms with Crippen LogP contribution >= 0.6 is 23.2 Å². The van der Waals surface area contributed by atoms with Crippen LogP contribution in [0.5, 0.6) is 0 Å². The number of benzene rings is 1. The molecule has 6 heteroatoms. The lowest BCUT2D eigenvalue weighted by molar-refractivity contribution is 1.10. The van der Waals surface area contributed by atoms with Crippen LogP contribution in [0.15, 0.2) is 18.2 Å². The molecule has 0 saturated heterocycles. The van der Waals surface area contributed by atoms with Gasteiger partial charge in [-0.25, -0.2) is 0 Å².